The van der Waals surface area contributed by atoms with Crippen LogP contribution in [0.1, 0.15) is 60.0 Å². The van der Waals surface area contributed by atoms with Gasteiger partial charge in [-0.2, -0.15) is 5.10 Å². The van der Waals surface area contributed by atoms with Gasteiger partial charge >= 0.3 is 0 Å². The van der Waals surface area contributed by atoms with Gasteiger partial charge in [-0.3, -0.25) is 4.79 Å². The Morgan fingerprint density at radius 3 is 2.46 bits per heavy atom. The Morgan fingerprint density at radius 1 is 1.19 bits per heavy atom. The van der Waals surface area contributed by atoms with Gasteiger partial charge in [-0.25, -0.2) is 4.98 Å². The summed E-state index contributed by atoms with van der Waals surface area (Å²) in [6.07, 6.45) is 3.44. The minimum atomic E-state index is -0.0590. The van der Waals surface area contributed by atoms with Gasteiger partial charge in [-0.05, 0) is 45.6 Å². The number of nitrogens with zero attached hydrogens (tertiary/aromatic N) is 4. The Morgan fingerprint density at radius 2 is 1.88 bits per heavy atom. The van der Waals surface area contributed by atoms with Crippen LogP contribution in [-0.4, -0.2) is 40.2 Å². The van der Waals surface area contributed by atoms with E-state index < -0.39 is 0 Å². The molecular weight excluding hydrogens is 330 g/mol. The van der Waals surface area contributed by atoms with Crippen LogP contribution in [-0.2, 0) is 12.8 Å². The average Bonchev–Trinajstić information content (AvgIpc) is 3.00. The van der Waals surface area contributed by atoms with E-state index in [-0.39, 0.29) is 11.9 Å². The molecule has 0 radical (unpaired) electrons. The van der Waals surface area contributed by atoms with Crippen LogP contribution in [0.15, 0.2) is 10.5 Å². The van der Waals surface area contributed by atoms with Crippen molar-refractivity contribution in [1.82, 2.24) is 20.5 Å². The molecule has 0 saturated carbocycles. The minimum Gasteiger partial charge on any atom is -0.466 e. The maximum atomic E-state index is 12.4. The molecule has 1 fully saturated rings. The van der Waals surface area contributed by atoms with E-state index >= 15 is 0 Å². The largest absolute Gasteiger partial charge is 0.466 e. The van der Waals surface area contributed by atoms with E-state index in [1.54, 1.807) is 6.07 Å². The lowest BCUT2D eigenvalue weighted by molar-refractivity contribution is 0.0929. The molecular formula is C19H27N5O2. The predicted molar refractivity (Wildman–Crippen MR) is 99.5 cm³/mol. The fourth-order valence-corrected chi connectivity index (χ4v) is 3.41. The Balaban J connectivity index is 1.59. The van der Waals surface area contributed by atoms with Crippen LogP contribution < -0.4 is 10.2 Å². The number of rotatable bonds is 5. The number of aromatic nitrogens is 3. The molecule has 2 aromatic heterocycles. The molecule has 0 atom stereocenters. The van der Waals surface area contributed by atoms with Crippen molar-refractivity contribution in [3.63, 3.8) is 0 Å². The van der Waals surface area contributed by atoms with Gasteiger partial charge in [0.2, 0.25) is 5.95 Å². The highest BCUT2D eigenvalue weighted by Crippen LogP contribution is 2.19. The normalized spacial score (nSPS) is 15.3. The fraction of sp³-hybridized carbons (Fsp3) is 0.579. The quantitative estimate of drug-likeness (QED) is 0.885. The van der Waals surface area contributed by atoms with E-state index in [1.165, 1.54) is 0 Å². The third-order valence-corrected chi connectivity index (χ3v) is 4.90. The molecule has 0 aromatic carbocycles. The molecule has 0 spiro atoms. The van der Waals surface area contributed by atoms with Crippen LogP contribution >= 0.6 is 0 Å². The van der Waals surface area contributed by atoms with Crippen LogP contribution in [0.25, 0.3) is 0 Å². The third kappa shape index (κ3) is 3.86. The molecule has 3 rings (SSSR count). The Hall–Kier alpha value is -2.44. The van der Waals surface area contributed by atoms with Crippen molar-refractivity contribution in [2.75, 3.05) is 18.0 Å². The lowest BCUT2D eigenvalue weighted by Gasteiger charge is -2.32. The van der Waals surface area contributed by atoms with Gasteiger partial charge in [0, 0.05) is 19.1 Å². The summed E-state index contributed by atoms with van der Waals surface area (Å²) in [5, 5.41) is 11.7. The summed E-state index contributed by atoms with van der Waals surface area (Å²) < 4.78 is 5.45. The van der Waals surface area contributed by atoms with E-state index in [4.69, 9.17) is 4.42 Å². The number of hydrogen-bond acceptors (Lipinski definition) is 6. The molecule has 2 aromatic rings. The topological polar surface area (TPSA) is 84.2 Å². The first-order valence-electron chi connectivity index (χ1n) is 9.37. The molecule has 1 aliphatic heterocycles. The molecule has 0 bridgehead atoms. The van der Waals surface area contributed by atoms with E-state index in [0.29, 0.717) is 17.3 Å². The van der Waals surface area contributed by atoms with Gasteiger partial charge in [-0.1, -0.05) is 13.8 Å². The van der Waals surface area contributed by atoms with E-state index in [9.17, 15) is 4.79 Å². The molecule has 1 amide bonds. The van der Waals surface area contributed by atoms with Crippen LogP contribution in [0, 0.1) is 13.8 Å². The standard InChI is InChI=1S/C19H27N5O2/c1-5-16-17(6-2)22-23-19(21-16)24-9-7-14(8-10-24)20-18(25)15-11-12(3)26-13(15)4/h11,14H,5-10H2,1-4H3,(H,20,25). The number of piperidine rings is 1. The van der Waals surface area contributed by atoms with E-state index in [0.717, 1.165) is 55.9 Å². The number of nitrogens with one attached hydrogen (secondary N) is 1. The number of anilines is 1. The van der Waals surface area contributed by atoms with Crippen molar-refractivity contribution >= 4 is 11.9 Å². The number of carbonyl (C=O) groups is 1. The maximum absolute atomic E-state index is 12.4. The van der Waals surface area contributed by atoms with Gasteiger partial charge in [0.15, 0.2) is 0 Å². The summed E-state index contributed by atoms with van der Waals surface area (Å²) in [5.41, 5.74) is 2.63. The molecule has 7 nitrogen and oxygen atoms in total. The Labute approximate surface area is 154 Å². The molecule has 1 saturated heterocycles. The van der Waals surface area contributed by atoms with E-state index in [2.05, 4.69) is 39.2 Å². The van der Waals surface area contributed by atoms with Crippen LogP contribution in [0.3, 0.4) is 0 Å². The number of amides is 1. The predicted octanol–water partition coefficient (Wildman–Crippen LogP) is 2.61. The minimum absolute atomic E-state index is 0.0590. The molecule has 140 valence electrons. The first-order chi connectivity index (χ1) is 12.5. The average molecular weight is 357 g/mol. The second-order valence-electron chi connectivity index (χ2n) is 6.77. The molecule has 3 heterocycles. The SMILES string of the molecule is CCc1nnc(N2CCC(NC(=O)c3cc(C)oc3C)CC2)nc1CC. The van der Waals surface area contributed by atoms with Gasteiger partial charge < -0.3 is 14.6 Å². The highest BCUT2D eigenvalue weighted by atomic mass is 16.3. The Bertz CT molecular complexity index is 778. The summed E-state index contributed by atoms with van der Waals surface area (Å²) in [6.45, 7) is 9.45. The van der Waals surface area contributed by atoms with Crippen LogP contribution in [0.5, 0.6) is 0 Å². The molecule has 1 aliphatic rings. The molecule has 7 heteroatoms. The number of carbonyl (C=O) groups excluding carboxylic acids is 1. The van der Waals surface area contributed by atoms with Crippen molar-refractivity contribution in [3.8, 4) is 0 Å². The smallest absolute Gasteiger partial charge is 0.255 e. The molecule has 1 N–H and O–H groups in total. The third-order valence-electron chi connectivity index (χ3n) is 4.90. The first-order valence-corrected chi connectivity index (χ1v) is 9.37. The second-order valence-corrected chi connectivity index (χ2v) is 6.77. The number of aryl methyl sites for hydroxylation is 4. The van der Waals surface area contributed by atoms with Gasteiger partial charge in [0.05, 0.1) is 17.0 Å². The molecule has 0 aliphatic carbocycles. The lowest BCUT2D eigenvalue weighted by atomic mass is 10.0. The number of furan rings is 1. The monoisotopic (exact) mass is 357 g/mol. The van der Waals surface area contributed by atoms with Gasteiger partial charge in [0.25, 0.3) is 5.91 Å². The van der Waals surface area contributed by atoms with Gasteiger partial charge in [-0.15, -0.1) is 5.10 Å². The summed E-state index contributed by atoms with van der Waals surface area (Å²) in [6, 6.07) is 1.95. The zero-order valence-electron chi connectivity index (χ0n) is 16.0. The van der Waals surface area contributed by atoms with Crippen molar-refractivity contribution in [2.45, 2.75) is 59.4 Å². The first kappa shape index (κ1) is 18.4. The molecule has 26 heavy (non-hydrogen) atoms. The summed E-state index contributed by atoms with van der Waals surface area (Å²) in [5.74, 6) is 2.07. The summed E-state index contributed by atoms with van der Waals surface area (Å²) >= 11 is 0. The van der Waals surface area contributed by atoms with Crippen LogP contribution in [0.2, 0.25) is 0 Å². The van der Waals surface area contributed by atoms with Crippen molar-refractivity contribution in [2.24, 2.45) is 0 Å². The van der Waals surface area contributed by atoms with Crippen molar-refractivity contribution in [1.29, 1.82) is 0 Å². The fourth-order valence-electron chi connectivity index (χ4n) is 3.41. The zero-order valence-corrected chi connectivity index (χ0v) is 16.0. The zero-order chi connectivity index (χ0) is 18.7. The lowest BCUT2D eigenvalue weighted by Crippen LogP contribution is -2.45. The van der Waals surface area contributed by atoms with Crippen molar-refractivity contribution in [3.05, 3.63) is 34.5 Å². The summed E-state index contributed by atoms with van der Waals surface area (Å²) in [4.78, 5) is 19.3. The van der Waals surface area contributed by atoms with Gasteiger partial charge in [0.1, 0.15) is 11.5 Å². The Kier molecular flexibility index (Phi) is 5.54. The highest BCUT2D eigenvalue weighted by Gasteiger charge is 2.24. The maximum Gasteiger partial charge on any atom is 0.255 e. The molecule has 0 unspecified atom stereocenters. The number of hydrogen-bond donors (Lipinski definition) is 1. The van der Waals surface area contributed by atoms with Crippen molar-refractivity contribution < 1.29 is 9.21 Å². The van der Waals surface area contributed by atoms with Crippen LogP contribution in [0.4, 0.5) is 5.95 Å². The summed E-state index contributed by atoms with van der Waals surface area (Å²) in [7, 11) is 0. The highest BCUT2D eigenvalue weighted by molar-refractivity contribution is 5.95. The second kappa shape index (κ2) is 7.85. The van der Waals surface area contributed by atoms with E-state index in [1.807, 2.05) is 13.8 Å².